The van der Waals surface area contributed by atoms with E-state index in [1.807, 2.05) is 0 Å². The van der Waals surface area contributed by atoms with Crippen molar-refractivity contribution in [2.45, 2.75) is 24.4 Å². The van der Waals surface area contributed by atoms with Crippen LogP contribution in [0.25, 0.3) is 0 Å². The molecule has 72 valence electrons. The third-order valence-corrected chi connectivity index (χ3v) is 2.12. The quantitative estimate of drug-likeness (QED) is 0.547. The van der Waals surface area contributed by atoms with Gasteiger partial charge in [-0.05, 0) is 0 Å². The molecule has 0 atom stereocenters. The predicted molar refractivity (Wildman–Crippen MR) is 57.7 cm³/mol. The van der Waals surface area contributed by atoms with E-state index in [0.29, 0.717) is 15.2 Å². The summed E-state index contributed by atoms with van der Waals surface area (Å²) < 4.78 is 16.9. The molecule has 0 saturated carbocycles. The molecule has 8 heteroatoms. The Morgan fingerprint density at radius 3 is 1.25 bits per heavy atom. The minimum absolute atomic E-state index is 0. The van der Waals surface area contributed by atoms with Crippen LogP contribution in [0.3, 0.4) is 0 Å². The molecule has 4 nitrogen and oxygen atoms in total. The van der Waals surface area contributed by atoms with Gasteiger partial charge in [-0.2, -0.15) is 0 Å². The summed E-state index contributed by atoms with van der Waals surface area (Å²) >= 11 is 0.432. The highest BCUT2D eigenvalue weighted by Gasteiger charge is 1.76. The lowest BCUT2D eigenvalue weighted by molar-refractivity contribution is 0.523. The van der Waals surface area contributed by atoms with Crippen molar-refractivity contribution in [1.82, 2.24) is 0 Å². The fraction of sp³-hybridized carbons (Fsp3) is 1.00. The highest BCUT2D eigenvalue weighted by molar-refractivity contribution is 7.16. The first kappa shape index (κ1) is 23.2. The van der Waals surface area contributed by atoms with Crippen molar-refractivity contribution in [2.75, 3.05) is 0 Å². The molecule has 0 radical (unpaired) electrons. The number of hydrogen-bond donors (Lipinski definition) is 2. The van der Waals surface area contributed by atoms with Gasteiger partial charge in [0.2, 0.25) is 15.2 Å². The zero-order valence-electron chi connectivity index (χ0n) is 6.73. The molecule has 0 aliphatic rings. The van der Waals surface area contributed by atoms with Gasteiger partial charge in [-0.1, -0.05) is 13.8 Å². The van der Waals surface area contributed by atoms with Crippen molar-refractivity contribution in [1.29, 1.82) is 0 Å². The summed E-state index contributed by atoms with van der Waals surface area (Å²) in [6, 6.07) is 0. The average molecular weight is 244 g/mol. The molecule has 0 amide bonds. The topological polar surface area (TPSA) is 74.6 Å². The van der Waals surface area contributed by atoms with Crippen LogP contribution in [0.1, 0.15) is 13.8 Å². The summed E-state index contributed by atoms with van der Waals surface area (Å²) in [7, 11) is -1.67. The second-order valence-corrected chi connectivity index (χ2v) is 4.55. The Kier molecular flexibility index (Phi) is 77.1. The third-order valence-electron chi connectivity index (χ3n) is 0.707. The summed E-state index contributed by atoms with van der Waals surface area (Å²) in [5, 5.41) is 2.97. The Hall–Kier alpha value is 1.18. The van der Waals surface area contributed by atoms with E-state index in [2.05, 4.69) is 13.8 Å². The molecule has 2 N–H and O–H groups in total. The maximum absolute atomic E-state index is 8.46. The van der Waals surface area contributed by atoms with Crippen LogP contribution in [0.5, 0.6) is 0 Å². The zero-order chi connectivity index (χ0) is 9.54. The van der Waals surface area contributed by atoms with Crippen molar-refractivity contribution in [3.05, 3.63) is 0 Å². The van der Waals surface area contributed by atoms with Gasteiger partial charge in [0, 0.05) is 0 Å². The minimum atomic E-state index is -0.833. The first-order valence-electron chi connectivity index (χ1n) is 3.18. The lowest BCUT2D eigenvalue weighted by Gasteiger charge is -1.73. The minimum Gasteiger partial charge on any atom is -0.310 e. The highest BCUT2D eigenvalue weighted by atomic mass is 31.1. The molecular formula is C4H16Al2O4P2. The Morgan fingerprint density at radius 2 is 1.25 bits per heavy atom. The van der Waals surface area contributed by atoms with Gasteiger partial charge in [0.15, 0.2) is 17.4 Å². The fourth-order valence-corrected chi connectivity index (χ4v) is 1.06. The summed E-state index contributed by atoms with van der Waals surface area (Å²) in [6.07, 6.45) is 0. The molecule has 0 bridgehead atoms. The standard InChI is InChI=1S/2C2H5.2Al.2HO2P.4H/c2*1-2;;;2*1-3-2;;;;/h2*1H2,2H3;;;2*(H,1,2);;;;. The van der Waals surface area contributed by atoms with Gasteiger partial charge < -0.3 is 9.79 Å². The molecule has 0 spiro atoms. The molecule has 0 aliphatic carbocycles. The summed E-state index contributed by atoms with van der Waals surface area (Å²) in [6.45, 7) is 4.55. The lowest BCUT2D eigenvalue weighted by atomic mass is 10.9. The van der Waals surface area contributed by atoms with E-state index in [1.54, 1.807) is 0 Å². The molecule has 0 aromatic heterocycles. The second kappa shape index (κ2) is 39.8. The van der Waals surface area contributed by atoms with Crippen LogP contribution in [0, 0.1) is 0 Å². The van der Waals surface area contributed by atoms with Gasteiger partial charge in [0.05, 0.1) is 0 Å². The SMILES string of the molecule is C[CH2][AlH][CH2]C.O=PO.O=PO.[AlH3]. The lowest BCUT2D eigenvalue weighted by Crippen LogP contribution is -1.76. The molecule has 0 unspecified atom stereocenters. The van der Waals surface area contributed by atoms with Crippen molar-refractivity contribution >= 4 is 50.0 Å². The Labute approximate surface area is 93.2 Å². The molecule has 12 heavy (non-hydrogen) atoms. The largest absolute Gasteiger partial charge is 0.324 e. The number of hydrogen-bond acceptors (Lipinski definition) is 2. The molecule has 0 rings (SSSR count). The molecule has 0 aromatic rings. The smallest absolute Gasteiger partial charge is 0.310 e. The van der Waals surface area contributed by atoms with Crippen molar-refractivity contribution in [2.24, 2.45) is 0 Å². The van der Waals surface area contributed by atoms with E-state index in [-0.39, 0.29) is 17.4 Å². The Bertz CT molecular complexity index is 68.1. The van der Waals surface area contributed by atoms with Gasteiger partial charge in [-0.15, -0.1) is 10.6 Å². The van der Waals surface area contributed by atoms with Crippen molar-refractivity contribution in [3.8, 4) is 0 Å². The molecule has 0 heterocycles. The van der Waals surface area contributed by atoms with Crippen molar-refractivity contribution in [3.63, 3.8) is 0 Å². The summed E-state index contributed by atoms with van der Waals surface area (Å²) in [4.78, 5) is 14.0. The maximum atomic E-state index is 8.46. The van der Waals surface area contributed by atoms with E-state index >= 15 is 0 Å². The van der Waals surface area contributed by atoms with Crippen LogP contribution in [0.4, 0.5) is 0 Å². The van der Waals surface area contributed by atoms with Gasteiger partial charge in [0.25, 0.3) is 0 Å². The van der Waals surface area contributed by atoms with Gasteiger partial charge in [-0.3, -0.25) is 0 Å². The monoisotopic (exact) mass is 244 g/mol. The predicted octanol–water partition coefficient (Wildman–Crippen LogP) is 0.486. The van der Waals surface area contributed by atoms with Crippen LogP contribution >= 0.6 is 17.4 Å². The zero-order valence-corrected chi connectivity index (χ0v) is 9.93. The Balaban J connectivity index is -0.0000000406. The van der Waals surface area contributed by atoms with E-state index in [9.17, 15) is 0 Å². The van der Waals surface area contributed by atoms with E-state index < -0.39 is 17.4 Å². The highest BCUT2D eigenvalue weighted by Crippen LogP contribution is 1.77. The molecule has 0 aromatic carbocycles. The van der Waals surface area contributed by atoms with Crippen LogP contribution in [0.2, 0.25) is 10.6 Å². The average Bonchev–Trinajstić information content (AvgIpc) is 1.92. The summed E-state index contributed by atoms with van der Waals surface area (Å²) in [5.41, 5.74) is 0. The van der Waals surface area contributed by atoms with Crippen LogP contribution < -0.4 is 0 Å². The van der Waals surface area contributed by atoms with Gasteiger partial charge in [0.1, 0.15) is 0 Å². The van der Waals surface area contributed by atoms with E-state index in [0.717, 1.165) is 0 Å². The van der Waals surface area contributed by atoms with Crippen LogP contribution in [-0.4, -0.2) is 42.4 Å². The molecule has 0 aliphatic heterocycles. The van der Waals surface area contributed by atoms with Gasteiger partial charge in [-0.25, -0.2) is 9.13 Å². The Morgan fingerprint density at radius 1 is 1.08 bits per heavy atom. The summed E-state index contributed by atoms with van der Waals surface area (Å²) in [5.74, 6) is 0. The maximum Gasteiger partial charge on any atom is 0.324 e. The van der Waals surface area contributed by atoms with Gasteiger partial charge >= 0.3 is 17.4 Å². The fourth-order valence-electron chi connectivity index (χ4n) is 0.354. The van der Waals surface area contributed by atoms with E-state index in [4.69, 9.17) is 18.9 Å². The van der Waals surface area contributed by atoms with E-state index in [1.165, 1.54) is 10.6 Å². The normalized spacial score (nSPS) is 6.67. The first-order valence-corrected chi connectivity index (χ1v) is 6.71. The van der Waals surface area contributed by atoms with Crippen LogP contribution in [0.15, 0.2) is 0 Å². The third kappa shape index (κ3) is 114. The first-order chi connectivity index (χ1) is 5.24. The molecule has 0 saturated heterocycles. The molecule has 0 fully saturated rings. The van der Waals surface area contributed by atoms with Crippen LogP contribution in [-0.2, 0) is 9.13 Å². The van der Waals surface area contributed by atoms with Crippen molar-refractivity contribution < 1.29 is 18.9 Å². The second-order valence-electron chi connectivity index (χ2n) is 1.52. The molecular weight excluding hydrogens is 228 g/mol. The number of rotatable bonds is 2.